The Morgan fingerprint density at radius 3 is 1.20 bits per heavy atom. The second kappa shape index (κ2) is 48.9. The van der Waals surface area contributed by atoms with Crippen LogP contribution in [0.4, 0.5) is 43.4 Å². The predicted octanol–water partition coefficient (Wildman–Crippen LogP) is 4.42. The first kappa shape index (κ1) is 95.3. The first-order valence-corrected chi connectivity index (χ1v) is 34.5. The summed E-state index contributed by atoms with van der Waals surface area (Å²) >= 11 is 15.6. The molecule has 12 aromatic rings. The summed E-state index contributed by atoms with van der Waals surface area (Å²) in [6.07, 6.45) is 9.16. The van der Waals surface area contributed by atoms with Gasteiger partial charge in [0.25, 0.3) is 29.1 Å². The van der Waals surface area contributed by atoms with Crippen molar-refractivity contribution < 1.29 is 209 Å². The summed E-state index contributed by atoms with van der Waals surface area (Å²) in [5.41, 5.74) is 12.0. The first-order valence-electron chi connectivity index (χ1n) is 33.0. The molecule has 1 saturated heterocycles. The Labute approximate surface area is 785 Å². The van der Waals surface area contributed by atoms with Gasteiger partial charge in [-0.3, -0.25) is 33.6 Å². The van der Waals surface area contributed by atoms with Crippen LogP contribution in [0, 0.1) is 34.9 Å². The van der Waals surface area contributed by atoms with E-state index in [9.17, 15) is 55.1 Å². The Balaban J connectivity index is 0.000000286. The number of aromatic nitrogens is 12. The summed E-state index contributed by atoms with van der Waals surface area (Å²) in [5, 5.41) is 23.4. The van der Waals surface area contributed by atoms with Crippen LogP contribution < -0.4 is 176 Å². The van der Waals surface area contributed by atoms with Crippen molar-refractivity contribution >= 4 is 75.4 Å². The normalized spacial score (nSPS) is 11.1. The van der Waals surface area contributed by atoms with Gasteiger partial charge in [0.15, 0.2) is 17.5 Å². The third-order valence-electron chi connectivity index (χ3n) is 15.1. The van der Waals surface area contributed by atoms with Gasteiger partial charge in [0.2, 0.25) is 11.1 Å². The van der Waals surface area contributed by atoms with Gasteiger partial charge in [-0.1, -0.05) is 62.0 Å². The number of ether oxygens (including phenoxy) is 3. The monoisotopic (exact) mass is 1880 g/mol. The van der Waals surface area contributed by atoms with Gasteiger partial charge in [0.05, 0.1) is 111 Å². The Kier molecular flexibility index (Phi) is 40.5. The zero-order chi connectivity index (χ0) is 80.1. The molecule has 7 heterocycles. The fraction of sp³-hybridized carbons (Fsp3) is 0.169. The van der Waals surface area contributed by atoms with E-state index in [2.05, 4.69) is 60.1 Å². The number of benzene rings is 6. The van der Waals surface area contributed by atoms with Crippen LogP contribution in [-0.2, 0) is 57.9 Å². The second-order valence-electron chi connectivity index (χ2n) is 23.3. The van der Waals surface area contributed by atoms with E-state index in [1.165, 1.54) is 87.4 Å². The first-order chi connectivity index (χ1) is 54.0. The molecule has 1 fully saturated rings. The van der Waals surface area contributed by atoms with E-state index >= 15 is 0 Å². The Morgan fingerprint density at radius 1 is 0.513 bits per heavy atom. The third-order valence-corrected chi connectivity index (χ3v) is 15.5. The number of carbonyl (C=O) groups is 4. The molecule has 6 aromatic carbocycles. The number of alkyl halides is 2. The van der Waals surface area contributed by atoms with Crippen molar-refractivity contribution in [3.63, 3.8) is 0 Å². The number of hydrogen-bond acceptors (Lipinski definition) is 22. The molecule has 13 rings (SSSR count). The SMILES string of the molecule is C.Nc1cnc(-c2cccc(Cn3nc(-c4cc(F)cc(F)c4)ccc3=O)c2)nc1.O=C(COCCCl)Nc1cnc(-c2cccc(Cn3nc(-c4cc(F)cc(F)c4)ccc3=O)c2)nc1.O=C(Cl)COCCCl.O=C1COCCN1c1cnc(-c2cccc(Cn3nc(-c4cc(F)cc(F)c4)ccc3=O)c2)nc1.O=CO[O-].[Cs+].[Cs+].[H-]. The maximum Gasteiger partial charge on any atom is 1.00 e. The van der Waals surface area contributed by atoms with E-state index in [1.807, 2.05) is 54.6 Å². The van der Waals surface area contributed by atoms with Crippen LogP contribution >= 0.6 is 34.8 Å². The standard InChI is InChI=1S/C25H20ClF2N5O3.C25H19F2N5O3.C21H15F2N5O.C4H6Cl2O2.CH2O3.CH4.2Cs.H/c26-6-7-36-15-23(34)31-21-12-29-25(30-13-21)17-3-1-2-16(8-17)14-33-24(35)5-4-22(32-33)18-9-19(27)11-20(28)10-18;26-19-9-18(10-20(27)11-19)22-4-5-23(33)32(30-22)14-16-2-1-3-17(8-16)25-28-12-21(13-29-25)31-6-7-35-15-24(31)34;22-16-7-15(8-17(23)9-16)19-4-5-20(29)28(27-19)12-13-2-1-3-14(6-13)21-25-10-18(24)11-26-21;5-1-2-8-3-4(6)7;2-1-4-3;;;;/h1-5,8-13H,6-7,14-15H2,(H,31,34);1-5,8-13H,6-7,14-15H2;1-11H,12,24H2;1-3H2;1,3H;1H4;;;/q;;;;;;2*+1;-1/p-1. The molecule has 0 spiro atoms. The fourth-order valence-electron chi connectivity index (χ4n) is 10.3. The van der Waals surface area contributed by atoms with Crippen molar-refractivity contribution in [2.75, 3.05) is 73.9 Å². The van der Waals surface area contributed by atoms with Crippen LogP contribution in [0.3, 0.4) is 0 Å². The Morgan fingerprint density at radius 2 is 0.861 bits per heavy atom. The second-order valence-corrected chi connectivity index (χ2v) is 24.5. The molecule has 0 atom stereocenters. The topological polar surface area (TPSA) is 352 Å². The number of amides is 2. The molecule has 0 bridgehead atoms. The molecule has 6 aromatic heterocycles. The van der Waals surface area contributed by atoms with Crippen molar-refractivity contribution in [3.05, 3.63) is 284 Å². The van der Waals surface area contributed by atoms with Gasteiger partial charge in [-0.2, -0.15) is 15.3 Å². The minimum Gasteiger partial charge on any atom is -1.00 e. The van der Waals surface area contributed by atoms with Gasteiger partial charge in [0.1, 0.15) is 54.7 Å². The summed E-state index contributed by atoms with van der Waals surface area (Å²) in [7, 11) is 0. The smallest absolute Gasteiger partial charge is 1.00 e. The van der Waals surface area contributed by atoms with Gasteiger partial charge in [-0.05, 0) is 101 Å². The summed E-state index contributed by atoms with van der Waals surface area (Å²) in [6, 6.07) is 39.3. The maximum atomic E-state index is 13.6. The number of anilines is 3. The molecule has 38 heteroatoms. The molecule has 0 unspecified atom stereocenters. The average molecular weight is 1880 g/mol. The number of carbonyl (C=O) groups excluding carboxylic acids is 4. The summed E-state index contributed by atoms with van der Waals surface area (Å²) in [6.45, 7) is 1.66. The average Bonchev–Trinajstić information content (AvgIpc) is 0.827. The molecule has 115 heavy (non-hydrogen) atoms. The molecule has 1 aliphatic rings. The molecule has 3 N–H and O–H groups in total. The summed E-state index contributed by atoms with van der Waals surface area (Å²) < 4.78 is 100. The van der Waals surface area contributed by atoms with Crippen molar-refractivity contribution in [2.24, 2.45) is 0 Å². The number of rotatable bonds is 23. The molecule has 0 saturated carbocycles. The van der Waals surface area contributed by atoms with Crippen LogP contribution in [0.2, 0.25) is 0 Å². The van der Waals surface area contributed by atoms with E-state index in [-0.39, 0.29) is 256 Å². The molecular formula is C77H66Cl3Cs2F6N15O12. The van der Waals surface area contributed by atoms with E-state index in [0.29, 0.717) is 77.3 Å². The summed E-state index contributed by atoms with van der Waals surface area (Å²) in [4.78, 5) is 109. The number of nitrogens with one attached hydrogen (secondary N) is 1. The molecule has 0 aliphatic carbocycles. The van der Waals surface area contributed by atoms with Crippen molar-refractivity contribution in [1.82, 2.24) is 59.2 Å². The third kappa shape index (κ3) is 30.5. The van der Waals surface area contributed by atoms with Gasteiger partial charge in [0, 0.05) is 88.1 Å². The fourth-order valence-corrected chi connectivity index (χ4v) is 10.5. The molecule has 586 valence electrons. The number of hydrogen-bond donors (Lipinski definition) is 2. The number of halogens is 9. The number of morpholine rings is 1. The van der Waals surface area contributed by atoms with Crippen molar-refractivity contribution in [2.45, 2.75) is 27.1 Å². The van der Waals surface area contributed by atoms with Crippen LogP contribution in [0.25, 0.3) is 67.9 Å². The summed E-state index contributed by atoms with van der Waals surface area (Å²) in [5.74, 6) is -2.76. The zero-order valence-corrected chi connectivity index (χ0v) is 75.1. The van der Waals surface area contributed by atoms with E-state index < -0.39 is 40.1 Å². The number of nitrogens with two attached hydrogens (primary N) is 1. The van der Waals surface area contributed by atoms with E-state index in [1.54, 1.807) is 35.5 Å². The largest absolute Gasteiger partial charge is 1.00 e. The van der Waals surface area contributed by atoms with Gasteiger partial charge in [-0.15, -0.1) is 23.2 Å². The van der Waals surface area contributed by atoms with Crippen LogP contribution in [0.1, 0.15) is 25.5 Å². The Bertz CT molecular complexity index is 5400. The van der Waals surface area contributed by atoms with Crippen molar-refractivity contribution in [1.29, 1.82) is 0 Å². The van der Waals surface area contributed by atoms with Crippen LogP contribution in [0.15, 0.2) is 215 Å². The number of nitrogens with zero attached hydrogens (tertiary/aromatic N) is 13. The van der Waals surface area contributed by atoms with Gasteiger partial charge < -0.3 is 41.7 Å². The van der Waals surface area contributed by atoms with Gasteiger partial charge >= 0.3 is 138 Å². The predicted molar refractivity (Wildman–Crippen MR) is 406 cm³/mol. The maximum absolute atomic E-state index is 13.6. The minimum absolute atomic E-state index is 0. The van der Waals surface area contributed by atoms with Crippen LogP contribution in [-0.4, -0.2) is 141 Å². The van der Waals surface area contributed by atoms with Gasteiger partial charge in [-0.25, -0.2) is 70.3 Å². The quantitative estimate of drug-likeness (QED) is 0.0170. The zero-order valence-electron chi connectivity index (χ0n) is 61.3. The van der Waals surface area contributed by atoms with E-state index in [0.717, 1.165) is 70.3 Å². The van der Waals surface area contributed by atoms with Crippen LogP contribution in [0.5, 0.6) is 0 Å². The molecule has 0 radical (unpaired) electrons. The van der Waals surface area contributed by atoms with E-state index in [4.69, 9.17) is 60.1 Å². The molecular weight excluding hydrogens is 1810 g/mol. The number of nitrogen functional groups attached to an aromatic ring is 1. The molecule has 2 amide bonds. The Hall–Kier alpha value is -8.53. The van der Waals surface area contributed by atoms with Crippen molar-refractivity contribution in [3.8, 4) is 67.9 Å². The minimum atomic E-state index is -0.734. The molecule has 27 nitrogen and oxygen atoms in total. The molecule has 1 aliphatic heterocycles.